The van der Waals surface area contributed by atoms with E-state index in [1.165, 1.54) is 4.90 Å². The summed E-state index contributed by atoms with van der Waals surface area (Å²) in [5, 5.41) is 11.6. The van der Waals surface area contributed by atoms with Crippen molar-refractivity contribution in [3.8, 4) is 17.2 Å². The Morgan fingerprint density at radius 1 is 0.884 bits per heavy atom. The van der Waals surface area contributed by atoms with E-state index in [1.807, 2.05) is 86.6 Å². The average molecular weight is 576 g/mol. The second-order valence-electron chi connectivity index (χ2n) is 10.8. The molecule has 218 valence electrons. The van der Waals surface area contributed by atoms with E-state index in [9.17, 15) is 14.7 Å². The molecule has 0 unspecified atom stereocenters. The smallest absolute Gasteiger partial charge is 0.295 e. The summed E-state index contributed by atoms with van der Waals surface area (Å²) in [7, 11) is 0. The Hall–Kier alpha value is -5.04. The van der Waals surface area contributed by atoms with Crippen LogP contribution >= 0.6 is 0 Å². The minimum absolute atomic E-state index is 0.0310. The largest absolute Gasteiger partial charge is 0.507 e. The lowest BCUT2D eigenvalue weighted by atomic mass is 9.94. The number of benzene rings is 4. The van der Waals surface area contributed by atoms with E-state index in [1.54, 1.807) is 24.3 Å². The van der Waals surface area contributed by atoms with Gasteiger partial charge in [-0.05, 0) is 66.4 Å². The predicted octanol–water partition coefficient (Wildman–Crippen LogP) is 6.61. The molecule has 2 heterocycles. The number of amides is 1. The number of ether oxygens (including phenoxy) is 3. The number of carbonyl (C=O) groups excluding carboxylic acids is 2. The van der Waals surface area contributed by atoms with E-state index >= 15 is 0 Å². The van der Waals surface area contributed by atoms with Crippen LogP contribution in [-0.4, -0.2) is 34.4 Å². The van der Waals surface area contributed by atoms with Gasteiger partial charge in [-0.15, -0.1) is 0 Å². The molecule has 0 radical (unpaired) electrons. The van der Waals surface area contributed by atoms with Gasteiger partial charge in [-0.25, -0.2) is 0 Å². The van der Waals surface area contributed by atoms with Crippen LogP contribution in [0.25, 0.3) is 5.76 Å². The molecule has 1 saturated heterocycles. The number of aliphatic hydroxyl groups excluding tert-OH is 1. The van der Waals surface area contributed by atoms with Gasteiger partial charge in [0.1, 0.15) is 24.2 Å². The Morgan fingerprint density at radius 3 is 2.33 bits per heavy atom. The Bertz CT molecular complexity index is 1680. The van der Waals surface area contributed by atoms with Crippen LogP contribution in [0.15, 0.2) is 103 Å². The Balaban J connectivity index is 1.43. The summed E-state index contributed by atoms with van der Waals surface area (Å²) in [6.45, 7) is 4.81. The third-order valence-corrected chi connectivity index (χ3v) is 7.73. The van der Waals surface area contributed by atoms with Gasteiger partial charge in [0, 0.05) is 18.5 Å². The molecule has 1 N–H and O–H groups in total. The average Bonchev–Trinajstić information content (AvgIpc) is 3.52. The molecule has 43 heavy (non-hydrogen) atoms. The number of hydrogen-bond acceptors (Lipinski definition) is 6. The van der Waals surface area contributed by atoms with E-state index in [4.69, 9.17) is 14.2 Å². The van der Waals surface area contributed by atoms with Gasteiger partial charge in [-0.2, -0.15) is 0 Å². The molecule has 4 aromatic rings. The Morgan fingerprint density at radius 2 is 1.60 bits per heavy atom. The van der Waals surface area contributed by atoms with Crippen molar-refractivity contribution in [3.63, 3.8) is 0 Å². The lowest BCUT2D eigenvalue weighted by Crippen LogP contribution is -2.29. The highest BCUT2D eigenvalue weighted by molar-refractivity contribution is 6.46. The first-order chi connectivity index (χ1) is 20.9. The molecule has 0 aromatic heterocycles. The van der Waals surface area contributed by atoms with Crippen LogP contribution in [0.3, 0.4) is 0 Å². The number of ketones is 1. The summed E-state index contributed by atoms with van der Waals surface area (Å²) in [6.07, 6.45) is 0.730. The lowest BCUT2D eigenvalue weighted by Gasteiger charge is -2.26. The summed E-state index contributed by atoms with van der Waals surface area (Å²) in [5.41, 5.74) is 3.96. The highest BCUT2D eigenvalue weighted by Crippen LogP contribution is 2.43. The lowest BCUT2D eigenvalue weighted by molar-refractivity contribution is -0.140. The van der Waals surface area contributed by atoms with Crippen LogP contribution in [0.4, 0.5) is 0 Å². The molecule has 2 aliphatic rings. The molecule has 2 atom stereocenters. The minimum Gasteiger partial charge on any atom is -0.507 e. The van der Waals surface area contributed by atoms with Gasteiger partial charge in [0.25, 0.3) is 11.7 Å². The molecule has 2 aliphatic heterocycles. The quantitative estimate of drug-likeness (QED) is 0.137. The molecular weight excluding hydrogens is 542 g/mol. The normalized spacial score (nSPS) is 18.8. The van der Waals surface area contributed by atoms with Crippen molar-refractivity contribution in [1.82, 2.24) is 4.90 Å². The molecule has 0 spiro atoms. The van der Waals surface area contributed by atoms with Gasteiger partial charge in [-0.1, -0.05) is 66.7 Å². The number of fused-ring (bicyclic) bond motifs is 1. The maximum absolute atomic E-state index is 13.6. The summed E-state index contributed by atoms with van der Waals surface area (Å²) < 4.78 is 17.9. The van der Waals surface area contributed by atoms with E-state index in [-0.39, 0.29) is 24.0 Å². The van der Waals surface area contributed by atoms with Crippen LogP contribution in [0.1, 0.15) is 47.7 Å². The predicted molar refractivity (Wildman–Crippen MR) is 163 cm³/mol. The van der Waals surface area contributed by atoms with Gasteiger partial charge >= 0.3 is 0 Å². The van der Waals surface area contributed by atoms with Gasteiger partial charge in [0.15, 0.2) is 11.5 Å². The zero-order chi connectivity index (χ0) is 29.9. The van der Waals surface area contributed by atoms with E-state index in [0.717, 1.165) is 22.4 Å². The summed E-state index contributed by atoms with van der Waals surface area (Å²) in [6, 6.07) is 29.2. The van der Waals surface area contributed by atoms with Crippen LogP contribution < -0.4 is 14.2 Å². The highest BCUT2D eigenvalue weighted by atomic mass is 16.5. The first-order valence-corrected chi connectivity index (χ1v) is 14.5. The molecule has 0 aliphatic carbocycles. The molecule has 0 bridgehead atoms. The van der Waals surface area contributed by atoms with E-state index in [2.05, 4.69) is 0 Å². The fourth-order valence-corrected chi connectivity index (χ4v) is 5.71. The van der Waals surface area contributed by atoms with Crippen LogP contribution in [0, 0.1) is 0 Å². The molecule has 4 aromatic carbocycles. The Kier molecular flexibility index (Phi) is 7.88. The number of aliphatic hydroxyl groups is 1. The van der Waals surface area contributed by atoms with Crippen molar-refractivity contribution in [2.24, 2.45) is 0 Å². The molecular formula is C36H33NO6. The minimum atomic E-state index is -0.842. The van der Waals surface area contributed by atoms with Crippen LogP contribution in [0.5, 0.6) is 17.2 Å². The van der Waals surface area contributed by atoms with Crippen LogP contribution in [-0.2, 0) is 29.2 Å². The van der Waals surface area contributed by atoms with Crippen molar-refractivity contribution in [1.29, 1.82) is 0 Å². The van der Waals surface area contributed by atoms with Crippen molar-refractivity contribution in [2.45, 2.75) is 45.6 Å². The first-order valence-electron chi connectivity index (χ1n) is 14.5. The van der Waals surface area contributed by atoms with Crippen molar-refractivity contribution >= 4 is 17.4 Å². The topological polar surface area (TPSA) is 85.3 Å². The standard InChI is InChI=1S/C36H33NO6/c1-3-41-31-20-26(14-17-30(31)42-22-25-12-8-5-9-13-25)33-32(34(38)27-15-16-29-28(19-27)18-23(2)43-29)35(39)36(40)37(33)21-24-10-6-4-7-11-24/h4-17,19-20,23,33,38H,3,18,21-22H2,1-2H3/b34-32+/t23-,33+/m0/s1. The molecule has 1 fully saturated rings. The summed E-state index contributed by atoms with van der Waals surface area (Å²) in [4.78, 5) is 28.7. The zero-order valence-corrected chi connectivity index (χ0v) is 24.2. The highest BCUT2D eigenvalue weighted by Gasteiger charge is 2.46. The SMILES string of the molecule is CCOc1cc([C@@H]2/C(=C(\O)c3ccc4c(c3)C[C@H](C)O4)C(=O)C(=O)N2Cc2ccccc2)ccc1OCc1ccccc1. The van der Waals surface area contributed by atoms with Crippen molar-refractivity contribution in [2.75, 3.05) is 6.61 Å². The molecule has 7 nitrogen and oxygen atoms in total. The molecule has 0 saturated carbocycles. The third kappa shape index (κ3) is 5.71. The first kappa shape index (κ1) is 28.1. The second kappa shape index (κ2) is 12.1. The fraction of sp³-hybridized carbons (Fsp3) is 0.222. The monoisotopic (exact) mass is 575 g/mol. The maximum atomic E-state index is 13.6. The maximum Gasteiger partial charge on any atom is 0.295 e. The van der Waals surface area contributed by atoms with Gasteiger partial charge in [0.05, 0.1) is 18.2 Å². The van der Waals surface area contributed by atoms with Gasteiger partial charge in [0.2, 0.25) is 0 Å². The third-order valence-electron chi connectivity index (χ3n) is 7.73. The summed E-state index contributed by atoms with van der Waals surface area (Å²) >= 11 is 0. The number of carbonyl (C=O) groups is 2. The van der Waals surface area contributed by atoms with E-state index in [0.29, 0.717) is 42.3 Å². The van der Waals surface area contributed by atoms with Gasteiger partial charge in [-0.3, -0.25) is 9.59 Å². The number of likely N-dealkylation sites (tertiary alicyclic amines) is 1. The van der Waals surface area contributed by atoms with Gasteiger partial charge < -0.3 is 24.2 Å². The molecule has 7 heteroatoms. The van der Waals surface area contributed by atoms with Crippen LogP contribution in [0.2, 0.25) is 0 Å². The van der Waals surface area contributed by atoms with Crippen molar-refractivity contribution in [3.05, 3.63) is 130 Å². The zero-order valence-electron chi connectivity index (χ0n) is 24.2. The fourth-order valence-electron chi connectivity index (χ4n) is 5.71. The number of Topliss-reactive ketones (excluding diaryl/α,β-unsaturated/α-hetero) is 1. The summed E-state index contributed by atoms with van der Waals surface area (Å²) in [5.74, 6) is 0.176. The van der Waals surface area contributed by atoms with Crippen molar-refractivity contribution < 1.29 is 28.9 Å². The number of hydrogen-bond donors (Lipinski definition) is 1. The second-order valence-corrected chi connectivity index (χ2v) is 10.8. The van der Waals surface area contributed by atoms with E-state index < -0.39 is 17.7 Å². The number of rotatable bonds is 9. The molecule has 6 rings (SSSR count). The Labute approximate surface area is 250 Å². The number of nitrogens with zero attached hydrogens (tertiary/aromatic N) is 1. The molecule has 1 amide bonds.